The number of nitrogens with zero attached hydrogens (tertiary/aromatic N) is 5. The number of hydrogen-bond donors (Lipinski definition) is 1. The van der Waals surface area contributed by atoms with Crippen LogP contribution >= 0.6 is 0 Å². The average Bonchev–Trinajstić information content (AvgIpc) is 2.92. The first-order valence-corrected chi connectivity index (χ1v) is 11.3. The fourth-order valence-electron chi connectivity index (χ4n) is 3.50. The fraction of sp³-hybridized carbons (Fsp3) is 0.120. The molecule has 198 valence electrons. The van der Waals surface area contributed by atoms with E-state index < -0.39 is 37.6 Å². The van der Waals surface area contributed by atoms with Crippen molar-refractivity contribution >= 4 is 23.0 Å². The average molecular weight is 532 g/mol. The standard InChI is InChI=1S/C25H20N6O8/c1-16-22(39-23-20(30(34)35)12-19(29(32)33)13-21(23)31(36)37)24(38-15-18-10-6-3-7-11-18)28-25(27-16)26-14-17-8-4-2-5-9-17/h2-13H,14-15H2,1H3,(H,26,27,28). The molecule has 0 bridgehead atoms. The number of nitro groups is 3. The Labute approximate surface area is 220 Å². The molecule has 0 spiro atoms. The van der Waals surface area contributed by atoms with Crippen LogP contribution in [0.1, 0.15) is 16.8 Å². The molecule has 0 unspecified atom stereocenters. The van der Waals surface area contributed by atoms with Crippen LogP contribution in [0.2, 0.25) is 0 Å². The molecular weight excluding hydrogens is 512 g/mol. The molecule has 39 heavy (non-hydrogen) atoms. The van der Waals surface area contributed by atoms with Crippen LogP contribution < -0.4 is 14.8 Å². The Morgan fingerprint density at radius 3 is 1.87 bits per heavy atom. The number of hydrogen-bond acceptors (Lipinski definition) is 11. The zero-order valence-electron chi connectivity index (χ0n) is 20.3. The van der Waals surface area contributed by atoms with E-state index >= 15 is 0 Å². The van der Waals surface area contributed by atoms with E-state index in [2.05, 4.69) is 15.3 Å². The van der Waals surface area contributed by atoms with Crippen molar-refractivity contribution in [2.75, 3.05) is 5.32 Å². The molecule has 0 saturated carbocycles. The Balaban J connectivity index is 1.77. The second-order valence-corrected chi connectivity index (χ2v) is 8.07. The van der Waals surface area contributed by atoms with Gasteiger partial charge in [0, 0.05) is 6.54 Å². The van der Waals surface area contributed by atoms with Crippen molar-refractivity contribution < 1.29 is 24.2 Å². The third-order valence-corrected chi connectivity index (χ3v) is 5.36. The third-order valence-electron chi connectivity index (χ3n) is 5.36. The highest BCUT2D eigenvalue weighted by Crippen LogP contribution is 2.45. The third kappa shape index (κ3) is 6.37. The molecule has 1 aromatic heterocycles. The van der Waals surface area contributed by atoms with E-state index in [0.717, 1.165) is 11.1 Å². The van der Waals surface area contributed by atoms with Gasteiger partial charge in [-0.1, -0.05) is 60.7 Å². The summed E-state index contributed by atoms with van der Waals surface area (Å²) in [6.45, 7) is 1.90. The molecule has 14 heteroatoms. The number of non-ortho nitro benzene ring substituents is 1. The monoisotopic (exact) mass is 532 g/mol. The van der Waals surface area contributed by atoms with Gasteiger partial charge in [-0.05, 0) is 18.1 Å². The number of anilines is 1. The molecule has 4 rings (SSSR count). The van der Waals surface area contributed by atoms with Gasteiger partial charge in [0.2, 0.25) is 11.7 Å². The molecule has 0 radical (unpaired) electrons. The van der Waals surface area contributed by atoms with Crippen molar-refractivity contribution in [1.29, 1.82) is 0 Å². The topological polar surface area (TPSA) is 186 Å². The van der Waals surface area contributed by atoms with Crippen LogP contribution in [-0.2, 0) is 13.2 Å². The van der Waals surface area contributed by atoms with Crippen LogP contribution in [0.5, 0.6) is 17.4 Å². The van der Waals surface area contributed by atoms with Crippen LogP contribution in [-0.4, -0.2) is 24.7 Å². The predicted octanol–water partition coefficient (Wildman–Crippen LogP) is 5.49. The molecule has 0 amide bonds. The summed E-state index contributed by atoms with van der Waals surface area (Å²) in [7, 11) is 0. The van der Waals surface area contributed by atoms with Crippen molar-refractivity contribution in [3.63, 3.8) is 0 Å². The van der Waals surface area contributed by atoms with Crippen molar-refractivity contribution in [2.24, 2.45) is 0 Å². The first-order valence-electron chi connectivity index (χ1n) is 11.3. The Morgan fingerprint density at radius 2 is 1.33 bits per heavy atom. The fourth-order valence-corrected chi connectivity index (χ4v) is 3.50. The summed E-state index contributed by atoms with van der Waals surface area (Å²) in [5.41, 5.74) is -0.930. The minimum absolute atomic E-state index is 0.0240. The summed E-state index contributed by atoms with van der Waals surface area (Å²) < 4.78 is 11.5. The number of nitro benzene ring substituents is 3. The van der Waals surface area contributed by atoms with Gasteiger partial charge >= 0.3 is 11.4 Å². The summed E-state index contributed by atoms with van der Waals surface area (Å²) in [6, 6.07) is 19.6. The smallest absolute Gasteiger partial charge is 0.325 e. The summed E-state index contributed by atoms with van der Waals surface area (Å²) in [4.78, 5) is 40.3. The SMILES string of the molecule is Cc1nc(NCc2ccccc2)nc(OCc2ccccc2)c1Oc1c([N+](=O)[O-])cc([N+](=O)[O-])cc1[N+](=O)[O-]. The van der Waals surface area contributed by atoms with Crippen molar-refractivity contribution in [3.8, 4) is 17.4 Å². The van der Waals surface area contributed by atoms with Crippen LogP contribution in [0, 0.1) is 37.3 Å². The molecule has 1 N–H and O–H groups in total. The maximum atomic E-state index is 11.7. The molecular formula is C25H20N6O8. The van der Waals surface area contributed by atoms with E-state index in [-0.39, 0.29) is 29.9 Å². The van der Waals surface area contributed by atoms with Gasteiger partial charge in [0.05, 0.1) is 32.6 Å². The number of benzene rings is 3. The molecule has 0 aliphatic rings. The normalized spacial score (nSPS) is 10.5. The molecule has 4 aromatic rings. The Hall–Kier alpha value is -5.66. The minimum Gasteiger partial charge on any atom is -0.470 e. The van der Waals surface area contributed by atoms with E-state index in [9.17, 15) is 30.3 Å². The zero-order chi connectivity index (χ0) is 27.9. The van der Waals surface area contributed by atoms with E-state index in [4.69, 9.17) is 9.47 Å². The second-order valence-electron chi connectivity index (χ2n) is 8.07. The highest BCUT2D eigenvalue weighted by atomic mass is 16.6. The lowest BCUT2D eigenvalue weighted by molar-refractivity contribution is -0.404. The number of aryl methyl sites for hydroxylation is 1. The van der Waals surface area contributed by atoms with Crippen molar-refractivity contribution in [2.45, 2.75) is 20.1 Å². The highest BCUT2D eigenvalue weighted by Gasteiger charge is 2.34. The maximum absolute atomic E-state index is 11.7. The van der Waals surface area contributed by atoms with Crippen molar-refractivity contribution in [3.05, 3.63) is 120 Å². The summed E-state index contributed by atoms with van der Waals surface area (Å²) in [5.74, 6) is -1.04. The summed E-state index contributed by atoms with van der Waals surface area (Å²) in [6.07, 6.45) is 0. The predicted molar refractivity (Wildman–Crippen MR) is 138 cm³/mol. The lowest BCUT2D eigenvalue weighted by Crippen LogP contribution is -2.09. The number of rotatable bonds is 11. The van der Waals surface area contributed by atoms with E-state index in [1.54, 1.807) is 24.3 Å². The van der Waals surface area contributed by atoms with Crippen molar-refractivity contribution in [1.82, 2.24) is 9.97 Å². The summed E-state index contributed by atoms with van der Waals surface area (Å²) >= 11 is 0. The van der Waals surface area contributed by atoms with Gasteiger partial charge in [0.1, 0.15) is 6.61 Å². The minimum atomic E-state index is -1.01. The van der Waals surface area contributed by atoms with Gasteiger partial charge in [0.25, 0.3) is 17.3 Å². The number of nitrogens with one attached hydrogen (secondary N) is 1. The maximum Gasteiger partial charge on any atom is 0.325 e. The quantitative estimate of drug-likeness (QED) is 0.190. The largest absolute Gasteiger partial charge is 0.470 e. The van der Waals surface area contributed by atoms with Crippen LogP contribution in [0.15, 0.2) is 72.8 Å². The molecule has 14 nitrogen and oxygen atoms in total. The van der Waals surface area contributed by atoms with Gasteiger partial charge in [-0.3, -0.25) is 30.3 Å². The van der Waals surface area contributed by atoms with Gasteiger partial charge in [-0.2, -0.15) is 4.98 Å². The lowest BCUT2D eigenvalue weighted by Gasteiger charge is -2.15. The first-order chi connectivity index (χ1) is 18.7. The summed E-state index contributed by atoms with van der Waals surface area (Å²) in [5, 5.41) is 37.7. The van der Waals surface area contributed by atoms with Gasteiger partial charge in [-0.15, -0.1) is 0 Å². The molecule has 0 atom stereocenters. The Kier molecular flexibility index (Phi) is 7.85. The van der Waals surface area contributed by atoms with E-state index in [1.807, 2.05) is 36.4 Å². The molecule has 0 saturated heterocycles. The molecule has 3 aromatic carbocycles. The lowest BCUT2D eigenvalue weighted by atomic mass is 10.2. The van der Waals surface area contributed by atoms with E-state index in [1.165, 1.54) is 6.92 Å². The first kappa shape index (κ1) is 26.4. The molecule has 0 fully saturated rings. The molecule has 0 aliphatic carbocycles. The molecule has 0 aliphatic heterocycles. The Morgan fingerprint density at radius 1 is 0.769 bits per heavy atom. The highest BCUT2D eigenvalue weighted by molar-refractivity contribution is 5.67. The number of ether oxygens (including phenoxy) is 2. The van der Waals surface area contributed by atoms with Gasteiger partial charge < -0.3 is 14.8 Å². The van der Waals surface area contributed by atoms with Gasteiger partial charge in [-0.25, -0.2) is 4.98 Å². The van der Waals surface area contributed by atoms with Crippen LogP contribution in [0.4, 0.5) is 23.0 Å². The van der Waals surface area contributed by atoms with Crippen LogP contribution in [0.25, 0.3) is 0 Å². The van der Waals surface area contributed by atoms with Gasteiger partial charge in [0.15, 0.2) is 0 Å². The Bertz CT molecular complexity index is 1500. The van der Waals surface area contributed by atoms with E-state index in [0.29, 0.717) is 18.7 Å². The zero-order valence-corrected chi connectivity index (χ0v) is 20.3. The number of aromatic nitrogens is 2. The second kappa shape index (κ2) is 11.6. The molecule has 1 heterocycles. The van der Waals surface area contributed by atoms with Crippen LogP contribution in [0.3, 0.4) is 0 Å².